The van der Waals surface area contributed by atoms with Gasteiger partial charge in [0, 0.05) is 0 Å². The zero-order valence-corrected chi connectivity index (χ0v) is 9.56. The number of alkyl halides is 1. The van der Waals surface area contributed by atoms with Gasteiger partial charge in [0.15, 0.2) is 0 Å². The fourth-order valence-corrected chi connectivity index (χ4v) is 1.63. The van der Waals surface area contributed by atoms with Crippen LogP contribution in [0.3, 0.4) is 0 Å². The minimum atomic E-state index is -1.41. The highest BCUT2D eigenvalue weighted by molar-refractivity contribution is 6.18. The first-order valence-electron chi connectivity index (χ1n) is 4.88. The van der Waals surface area contributed by atoms with Gasteiger partial charge in [0.2, 0.25) is 0 Å². The number of hydrogen-bond donors (Lipinski definition) is 3. The van der Waals surface area contributed by atoms with Gasteiger partial charge in [-0.3, -0.25) is 4.79 Å². The van der Waals surface area contributed by atoms with Crippen molar-refractivity contribution in [2.24, 2.45) is 0 Å². The zero-order chi connectivity index (χ0) is 13.0. The van der Waals surface area contributed by atoms with Crippen LogP contribution in [-0.2, 0) is 11.2 Å². The van der Waals surface area contributed by atoms with E-state index < -0.39 is 24.0 Å². The minimum absolute atomic E-state index is 0.0422. The van der Waals surface area contributed by atoms with Crippen LogP contribution in [0.1, 0.15) is 17.2 Å². The normalized spacial score (nSPS) is 14.4. The first-order chi connectivity index (χ1) is 7.95. The topological polar surface area (TPSA) is 77.8 Å². The molecular formula is C11H12ClFO4. The predicted molar refractivity (Wildman–Crippen MR) is 59.4 cm³/mol. The lowest BCUT2D eigenvalue weighted by Gasteiger charge is -2.18. The molecule has 0 heterocycles. The van der Waals surface area contributed by atoms with Crippen molar-refractivity contribution < 1.29 is 24.5 Å². The average molecular weight is 263 g/mol. The van der Waals surface area contributed by atoms with Crippen LogP contribution in [0, 0.1) is 5.82 Å². The number of rotatable bonds is 5. The smallest absolute Gasteiger partial charge is 0.307 e. The number of aliphatic carboxylic acids is 1. The highest BCUT2D eigenvalue weighted by atomic mass is 35.5. The fraction of sp³-hybridized carbons (Fsp3) is 0.364. The quantitative estimate of drug-likeness (QED) is 0.694. The second-order valence-electron chi connectivity index (χ2n) is 3.58. The van der Waals surface area contributed by atoms with Crippen LogP contribution < -0.4 is 0 Å². The molecular weight excluding hydrogens is 251 g/mol. The second-order valence-corrected chi connectivity index (χ2v) is 3.89. The largest absolute Gasteiger partial charge is 0.481 e. The molecule has 0 aliphatic rings. The zero-order valence-electron chi connectivity index (χ0n) is 8.81. The van der Waals surface area contributed by atoms with Crippen molar-refractivity contribution >= 4 is 17.6 Å². The molecule has 6 heteroatoms. The third kappa shape index (κ3) is 3.66. The van der Waals surface area contributed by atoms with Crippen LogP contribution in [0.4, 0.5) is 4.39 Å². The van der Waals surface area contributed by atoms with Crippen LogP contribution in [0.25, 0.3) is 0 Å². The predicted octanol–water partition coefficient (Wildman–Crippen LogP) is 1.09. The Morgan fingerprint density at radius 3 is 2.59 bits per heavy atom. The van der Waals surface area contributed by atoms with Gasteiger partial charge in [-0.1, -0.05) is 6.07 Å². The van der Waals surface area contributed by atoms with Gasteiger partial charge in [-0.05, 0) is 23.3 Å². The highest BCUT2D eigenvalue weighted by Crippen LogP contribution is 2.23. The third-order valence-electron chi connectivity index (χ3n) is 2.29. The summed E-state index contributed by atoms with van der Waals surface area (Å²) in [4.78, 5) is 10.6. The van der Waals surface area contributed by atoms with E-state index in [1.165, 1.54) is 6.07 Å². The Labute approximate surface area is 102 Å². The first-order valence-corrected chi connectivity index (χ1v) is 5.41. The van der Waals surface area contributed by atoms with Gasteiger partial charge in [-0.25, -0.2) is 4.39 Å². The number of carboxylic acid groups (broad SMARTS) is 1. The van der Waals surface area contributed by atoms with E-state index >= 15 is 0 Å². The molecule has 0 saturated carbocycles. The maximum atomic E-state index is 13.0. The summed E-state index contributed by atoms with van der Waals surface area (Å²) in [6.07, 6.45) is -3.04. The van der Waals surface area contributed by atoms with Crippen LogP contribution in [0.15, 0.2) is 18.2 Å². The lowest BCUT2D eigenvalue weighted by atomic mass is 9.97. The molecule has 0 amide bonds. The summed E-state index contributed by atoms with van der Waals surface area (Å²) < 4.78 is 13.0. The Kier molecular flexibility index (Phi) is 4.86. The van der Waals surface area contributed by atoms with E-state index in [1.807, 2.05) is 0 Å². The standard InChI is InChI=1S/C11H12ClFO4/c12-5-9(14)11(17)8-4-7(13)2-1-6(8)3-10(15)16/h1-2,4,9,11,14,17H,3,5H2,(H,15,16). The van der Waals surface area contributed by atoms with Crippen LogP contribution in [-0.4, -0.2) is 33.3 Å². The van der Waals surface area contributed by atoms with E-state index in [-0.39, 0.29) is 23.4 Å². The van der Waals surface area contributed by atoms with E-state index in [0.29, 0.717) is 0 Å². The molecule has 3 N–H and O–H groups in total. The molecule has 2 atom stereocenters. The van der Waals surface area contributed by atoms with Gasteiger partial charge in [-0.15, -0.1) is 11.6 Å². The Bertz CT molecular complexity index is 410. The number of carboxylic acids is 1. The van der Waals surface area contributed by atoms with Crippen LogP contribution in [0.2, 0.25) is 0 Å². The molecule has 0 aliphatic carbocycles. The van der Waals surface area contributed by atoms with Gasteiger partial charge >= 0.3 is 5.97 Å². The minimum Gasteiger partial charge on any atom is -0.481 e. The SMILES string of the molecule is O=C(O)Cc1ccc(F)cc1C(O)C(O)CCl. The van der Waals surface area contributed by atoms with Crippen LogP contribution in [0.5, 0.6) is 0 Å². The molecule has 0 radical (unpaired) electrons. The summed E-state index contributed by atoms with van der Waals surface area (Å²) in [6.45, 7) is 0. The number of hydrogen-bond acceptors (Lipinski definition) is 3. The molecule has 0 saturated heterocycles. The molecule has 1 aromatic rings. The van der Waals surface area contributed by atoms with Gasteiger partial charge in [0.05, 0.1) is 18.4 Å². The molecule has 0 aliphatic heterocycles. The Morgan fingerprint density at radius 2 is 2.06 bits per heavy atom. The van der Waals surface area contributed by atoms with Gasteiger partial charge in [0.1, 0.15) is 11.9 Å². The van der Waals surface area contributed by atoms with Crippen molar-refractivity contribution in [3.8, 4) is 0 Å². The van der Waals surface area contributed by atoms with E-state index in [2.05, 4.69) is 0 Å². The molecule has 1 aromatic carbocycles. The number of aliphatic hydroxyl groups excluding tert-OH is 2. The molecule has 0 aromatic heterocycles. The maximum Gasteiger partial charge on any atom is 0.307 e. The molecule has 94 valence electrons. The van der Waals surface area contributed by atoms with Crippen LogP contribution >= 0.6 is 11.6 Å². The van der Waals surface area contributed by atoms with E-state index in [0.717, 1.165) is 12.1 Å². The van der Waals surface area contributed by atoms with E-state index in [9.17, 15) is 19.4 Å². The number of carbonyl (C=O) groups is 1. The first kappa shape index (κ1) is 13.9. The summed E-state index contributed by atoms with van der Waals surface area (Å²) in [5.41, 5.74) is 0.288. The summed E-state index contributed by atoms with van der Waals surface area (Å²) >= 11 is 5.37. The van der Waals surface area contributed by atoms with Crippen molar-refractivity contribution in [3.05, 3.63) is 35.1 Å². The Hall–Kier alpha value is -1.17. The van der Waals surface area contributed by atoms with Gasteiger partial charge in [0.25, 0.3) is 0 Å². The number of benzene rings is 1. The van der Waals surface area contributed by atoms with E-state index in [4.69, 9.17) is 16.7 Å². The molecule has 0 bridgehead atoms. The summed E-state index contributed by atoms with van der Waals surface area (Å²) in [6, 6.07) is 3.36. The van der Waals surface area contributed by atoms with Crippen molar-refractivity contribution in [3.63, 3.8) is 0 Å². The van der Waals surface area contributed by atoms with Crippen molar-refractivity contribution in [2.45, 2.75) is 18.6 Å². The van der Waals surface area contributed by atoms with Crippen molar-refractivity contribution in [1.82, 2.24) is 0 Å². The molecule has 1 rings (SSSR count). The molecule has 17 heavy (non-hydrogen) atoms. The molecule has 2 unspecified atom stereocenters. The number of halogens is 2. The third-order valence-corrected chi connectivity index (χ3v) is 2.61. The monoisotopic (exact) mass is 262 g/mol. The average Bonchev–Trinajstić information content (AvgIpc) is 2.29. The fourth-order valence-electron chi connectivity index (χ4n) is 1.46. The second kappa shape index (κ2) is 5.95. The maximum absolute atomic E-state index is 13.0. The lowest BCUT2D eigenvalue weighted by Crippen LogP contribution is -2.21. The molecule has 4 nitrogen and oxygen atoms in total. The molecule has 0 fully saturated rings. The number of aliphatic hydroxyl groups is 2. The lowest BCUT2D eigenvalue weighted by molar-refractivity contribution is -0.136. The van der Waals surface area contributed by atoms with Crippen molar-refractivity contribution in [1.29, 1.82) is 0 Å². The van der Waals surface area contributed by atoms with Crippen molar-refractivity contribution in [2.75, 3.05) is 5.88 Å². The van der Waals surface area contributed by atoms with E-state index in [1.54, 1.807) is 0 Å². The Morgan fingerprint density at radius 1 is 1.41 bits per heavy atom. The van der Waals surface area contributed by atoms with Gasteiger partial charge < -0.3 is 15.3 Å². The summed E-state index contributed by atoms with van der Waals surface area (Å²) in [7, 11) is 0. The highest BCUT2D eigenvalue weighted by Gasteiger charge is 2.21. The summed E-state index contributed by atoms with van der Waals surface area (Å²) in [5, 5.41) is 27.8. The Balaban J connectivity index is 3.10. The molecule has 0 spiro atoms. The summed E-state index contributed by atoms with van der Waals surface area (Å²) in [5.74, 6) is -1.95. The van der Waals surface area contributed by atoms with Gasteiger partial charge in [-0.2, -0.15) is 0 Å².